The topological polar surface area (TPSA) is 29.5 Å². The first-order valence-electron chi connectivity index (χ1n) is 9.97. The molecule has 3 nitrogen and oxygen atoms in total. The maximum atomic E-state index is 12.5. The molecule has 0 N–H and O–H groups in total. The predicted molar refractivity (Wildman–Crippen MR) is 126 cm³/mol. The average Bonchev–Trinajstić information content (AvgIpc) is 2.77. The van der Waals surface area contributed by atoms with Gasteiger partial charge in [-0.15, -0.1) is 11.8 Å². The van der Waals surface area contributed by atoms with Crippen LogP contribution in [-0.4, -0.2) is 24.5 Å². The van der Waals surface area contributed by atoms with Gasteiger partial charge in [0.05, 0.1) is 13.2 Å². The first kappa shape index (κ1) is 21.0. The van der Waals surface area contributed by atoms with Gasteiger partial charge < -0.3 is 9.64 Å². The molecule has 0 fully saturated rings. The second-order valence-electron chi connectivity index (χ2n) is 7.39. The smallest absolute Gasteiger partial charge is 0.220 e. The minimum absolute atomic E-state index is 0.0816. The summed E-state index contributed by atoms with van der Waals surface area (Å²) in [6.07, 6.45) is 0.865. The number of nitrogens with zero attached hydrogens (tertiary/aromatic N) is 1. The van der Waals surface area contributed by atoms with E-state index in [9.17, 15) is 4.79 Å². The van der Waals surface area contributed by atoms with E-state index in [0.29, 0.717) is 6.54 Å². The van der Waals surface area contributed by atoms with Crippen LogP contribution in [0.3, 0.4) is 0 Å². The number of amides is 1. The zero-order valence-electron chi connectivity index (χ0n) is 17.1. The minimum Gasteiger partial charge on any atom is -0.496 e. The Morgan fingerprint density at radius 1 is 1.10 bits per heavy atom. The second kappa shape index (κ2) is 9.27. The van der Waals surface area contributed by atoms with Gasteiger partial charge in [0.2, 0.25) is 5.91 Å². The molecule has 0 saturated carbocycles. The summed E-state index contributed by atoms with van der Waals surface area (Å²) in [5.74, 6) is 1.82. The molecule has 1 aliphatic heterocycles. The number of hydrogen-bond donors (Lipinski definition) is 0. The van der Waals surface area contributed by atoms with E-state index < -0.39 is 0 Å². The lowest BCUT2D eigenvalue weighted by Crippen LogP contribution is -2.39. The molecule has 1 aliphatic rings. The van der Waals surface area contributed by atoms with Crippen molar-refractivity contribution in [2.24, 2.45) is 0 Å². The highest BCUT2D eigenvalue weighted by molar-refractivity contribution is 9.10. The highest BCUT2D eigenvalue weighted by Crippen LogP contribution is 2.41. The Morgan fingerprint density at radius 2 is 1.87 bits per heavy atom. The van der Waals surface area contributed by atoms with Crippen LogP contribution in [0.15, 0.2) is 76.1 Å². The van der Waals surface area contributed by atoms with Crippen LogP contribution in [0.4, 0.5) is 0 Å². The molecule has 0 spiro atoms. The van der Waals surface area contributed by atoms with Crippen LogP contribution in [0.5, 0.6) is 5.75 Å². The summed E-state index contributed by atoms with van der Waals surface area (Å²) in [5, 5.41) is 0. The third-order valence-corrected chi connectivity index (χ3v) is 7.04. The van der Waals surface area contributed by atoms with Crippen LogP contribution in [-0.2, 0) is 17.0 Å². The number of fused-ring (bicyclic) bond motifs is 1. The van der Waals surface area contributed by atoms with E-state index in [4.69, 9.17) is 4.74 Å². The van der Waals surface area contributed by atoms with Gasteiger partial charge in [-0.3, -0.25) is 4.79 Å². The van der Waals surface area contributed by atoms with Gasteiger partial charge in [0.15, 0.2) is 0 Å². The van der Waals surface area contributed by atoms with Gasteiger partial charge in [-0.2, -0.15) is 0 Å². The average molecular weight is 482 g/mol. The Labute approximate surface area is 190 Å². The number of halogens is 1. The molecule has 1 amide bonds. The van der Waals surface area contributed by atoms with E-state index >= 15 is 0 Å². The molecule has 1 atom stereocenters. The number of ether oxygens (including phenoxy) is 1. The standard InChI is InChI=1S/C25H24BrNO2S/c1-17(28)27-13-12-19-14-21(30-16-18-6-4-3-5-7-18)9-11-22(19)25(27)23-10-8-20(26)15-24(23)29-2/h3-11,14-15,25H,12-13,16H2,1-2H3. The number of methoxy groups -OCH3 is 1. The van der Waals surface area contributed by atoms with Crippen LogP contribution < -0.4 is 4.74 Å². The predicted octanol–water partition coefficient (Wildman–Crippen LogP) is 6.24. The van der Waals surface area contributed by atoms with E-state index in [1.807, 2.05) is 34.9 Å². The van der Waals surface area contributed by atoms with Crippen molar-refractivity contribution in [2.75, 3.05) is 13.7 Å². The van der Waals surface area contributed by atoms with Crippen molar-refractivity contribution >= 4 is 33.6 Å². The molecule has 5 heteroatoms. The quantitative estimate of drug-likeness (QED) is 0.403. The van der Waals surface area contributed by atoms with E-state index in [1.54, 1.807) is 14.0 Å². The fraction of sp³-hybridized carbons (Fsp3) is 0.240. The zero-order valence-corrected chi connectivity index (χ0v) is 19.5. The van der Waals surface area contributed by atoms with Crippen molar-refractivity contribution in [1.29, 1.82) is 0 Å². The van der Waals surface area contributed by atoms with Gasteiger partial charge >= 0.3 is 0 Å². The van der Waals surface area contributed by atoms with Crippen molar-refractivity contribution in [3.05, 3.63) is 93.5 Å². The molecular formula is C25H24BrNO2S. The maximum absolute atomic E-state index is 12.5. The summed E-state index contributed by atoms with van der Waals surface area (Å²) in [4.78, 5) is 15.7. The van der Waals surface area contributed by atoms with Crippen LogP contribution in [0.2, 0.25) is 0 Å². The lowest BCUT2D eigenvalue weighted by molar-refractivity contribution is -0.130. The lowest BCUT2D eigenvalue weighted by atomic mass is 9.87. The molecule has 3 aromatic rings. The molecule has 0 bridgehead atoms. The van der Waals surface area contributed by atoms with Gasteiger partial charge in [0.25, 0.3) is 0 Å². The Bertz CT molecular complexity index is 1050. The summed E-state index contributed by atoms with van der Waals surface area (Å²) in [5.41, 5.74) is 4.82. The largest absolute Gasteiger partial charge is 0.496 e. The first-order chi connectivity index (χ1) is 14.6. The summed E-state index contributed by atoms with van der Waals surface area (Å²) in [7, 11) is 1.68. The monoisotopic (exact) mass is 481 g/mol. The van der Waals surface area contributed by atoms with Crippen LogP contribution in [0.25, 0.3) is 0 Å². The molecular weight excluding hydrogens is 458 g/mol. The van der Waals surface area contributed by atoms with Crippen molar-refractivity contribution in [3.8, 4) is 5.75 Å². The molecule has 154 valence electrons. The van der Waals surface area contributed by atoms with E-state index in [2.05, 4.69) is 64.5 Å². The number of hydrogen-bond acceptors (Lipinski definition) is 3. The third-order valence-electron chi connectivity index (χ3n) is 5.49. The first-order valence-corrected chi connectivity index (χ1v) is 11.7. The van der Waals surface area contributed by atoms with Gasteiger partial charge in [0, 0.05) is 34.2 Å². The van der Waals surface area contributed by atoms with Crippen molar-refractivity contribution in [2.45, 2.75) is 30.0 Å². The van der Waals surface area contributed by atoms with Crippen molar-refractivity contribution < 1.29 is 9.53 Å². The SMILES string of the molecule is COc1cc(Br)ccc1C1c2ccc(SCc3ccccc3)cc2CCN1C(C)=O. The molecule has 0 saturated heterocycles. The van der Waals surface area contributed by atoms with E-state index in [1.165, 1.54) is 21.6 Å². The Morgan fingerprint density at radius 3 is 2.60 bits per heavy atom. The molecule has 1 unspecified atom stereocenters. The summed E-state index contributed by atoms with van der Waals surface area (Å²) in [6, 6.07) is 23.1. The number of carbonyl (C=O) groups is 1. The minimum atomic E-state index is -0.137. The van der Waals surface area contributed by atoms with Gasteiger partial charge in [-0.05, 0) is 47.4 Å². The summed E-state index contributed by atoms with van der Waals surface area (Å²) in [6.45, 7) is 2.35. The number of benzene rings is 3. The molecule has 1 heterocycles. The lowest BCUT2D eigenvalue weighted by Gasteiger charge is -2.38. The van der Waals surface area contributed by atoms with Crippen LogP contribution >= 0.6 is 27.7 Å². The Hall–Kier alpha value is -2.24. The van der Waals surface area contributed by atoms with Gasteiger partial charge in [0.1, 0.15) is 5.75 Å². The number of rotatable bonds is 5. The van der Waals surface area contributed by atoms with Crippen LogP contribution in [0, 0.1) is 0 Å². The Kier molecular flexibility index (Phi) is 6.49. The van der Waals surface area contributed by atoms with E-state index in [-0.39, 0.29) is 11.9 Å². The highest BCUT2D eigenvalue weighted by Gasteiger charge is 2.32. The molecule has 30 heavy (non-hydrogen) atoms. The molecule has 3 aromatic carbocycles. The number of thioether (sulfide) groups is 1. The molecule has 0 aromatic heterocycles. The van der Waals surface area contributed by atoms with E-state index in [0.717, 1.165) is 28.0 Å². The summed E-state index contributed by atoms with van der Waals surface area (Å²) < 4.78 is 6.62. The normalized spacial score (nSPS) is 15.6. The van der Waals surface area contributed by atoms with Crippen molar-refractivity contribution in [3.63, 3.8) is 0 Å². The molecule has 4 rings (SSSR count). The highest BCUT2D eigenvalue weighted by atomic mass is 79.9. The van der Waals surface area contributed by atoms with Crippen molar-refractivity contribution in [1.82, 2.24) is 4.90 Å². The second-order valence-corrected chi connectivity index (χ2v) is 9.35. The van der Waals surface area contributed by atoms with Gasteiger partial charge in [-0.1, -0.05) is 58.4 Å². The maximum Gasteiger partial charge on any atom is 0.220 e. The number of carbonyl (C=O) groups excluding carboxylic acids is 1. The Balaban J connectivity index is 1.68. The van der Waals surface area contributed by atoms with Crippen LogP contribution in [0.1, 0.15) is 35.2 Å². The third kappa shape index (κ3) is 4.42. The zero-order chi connectivity index (χ0) is 21.1. The molecule has 0 radical (unpaired) electrons. The fourth-order valence-electron chi connectivity index (χ4n) is 4.02. The fourth-order valence-corrected chi connectivity index (χ4v) is 5.28. The summed E-state index contributed by atoms with van der Waals surface area (Å²) >= 11 is 5.37. The van der Waals surface area contributed by atoms with Gasteiger partial charge in [-0.25, -0.2) is 0 Å². The molecule has 0 aliphatic carbocycles.